The van der Waals surface area contributed by atoms with Crippen LogP contribution >= 0.6 is 0 Å². The Balaban J connectivity index is 1.65. The molecule has 0 saturated heterocycles. The summed E-state index contributed by atoms with van der Waals surface area (Å²) < 4.78 is 5.23. The number of hydrogen-bond donors (Lipinski definition) is 1. The maximum atomic E-state index is 12.2. The molecule has 4 heteroatoms. The van der Waals surface area contributed by atoms with Crippen LogP contribution in [-0.2, 0) is 10.2 Å². The van der Waals surface area contributed by atoms with Crippen LogP contribution in [0.1, 0.15) is 31.6 Å². The summed E-state index contributed by atoms with van der Waals surface area (Å²) in [5, 5.41) is 4.11. The normalized spacial score (nSPS) is 24.7. The summed E-state index contributed by atoms with van der Waals surface area (Å²) in [5.74, 6) is 0.609. The first-order valence-corrected chi connectivity index (χ1v) is 7.05. The van der Waals surface area contributed by atoms with E-state index in [2.05, 4.69) is 29.6 Å². The number of nitrogens with one attached hydrogen (secondary N) is 1. The molecule has 0 aliphatic heterocycles. The second-order valence-electron chi connectivity index (χ2n) is 5.69. The van der Waals surface area contributed by atoms with E-state index in [1.807, 2.05) is 31.2 Å². The van der Waals surface area contributed by atoms with Gasteiger partial charge in [0.2, 0.25) is 5.91 Å². The number of rotatable bonds is 4. The van der Waals surface area contributed by atoms with Crippen LogP contribution in [0.3, 0.4) is 0 Å². The average molecular weight is 282 g/mol. The number of nitrogens with zero attached hydrogens (tertiary/aromatic N) is 1. The fourth-order valence-corrected chi connectivity index (χ4v) is 2.64. The van der Waals surface area contributed by atoms with Crippen LogP contribution in [0.15, 0.2) is 58.2 Å². The Morgan fingerprint density at radius 3 is 2.71 bits per heavy atom. The van der Waals surface area contributed by atoms with Crippen molar-refractivity contribution in [2.24, 2.45) is 11.0 Å². The molecule has 1 N–H and O–H groups in total. The fourth-order valence-electron chi connectivity index (χ4n) is 2.64. The molecule has 2 aromatic rings. The molecule has 108 valence electrons. The van der Waals surface area contributed by atoms with Gasteiger partial charge in [-0.05, 0) is 31.0 Å². The molecule has 0 unspecified atom stereocenters. The maximum absolute atomic E-state index is 12.2. The minimum absolute atomic E-state index is 0.0203. The number of hydrazone groups is 1. The van der Waals surface area contributed by atoms with Gasteiger partial charge in [0.05, 0.1) is 12.2 Å². The Bertz CT molecular complexity index is 661. The smallest absolute Gasteiger partial charge is 0.244 e. The van der Waals surface area contributed by atoms with E-state index in [1.165, 1.54) is 5.56 Å². The maximum Gasteiger partial charge on any atom is 0.244 e. The van der Waals surface area contributed by atoms with Crippen molar-refractivity contribution in [3.8, 4) is 0 Å². The van der Waals surface area contributed by atoms with Gasteiger partial charge in [-0.3, -0.25) is 4.79 Å². The highest BCUT2D eigenvalue weighted by Crippen LogP contribution is 2.53. The van der Waals surface area contributed by atoms with Crippen LogP contribution in [0.25, 0.3) is 0 Å². The zero-order valence-electron chi connectivity index (χ0n) is 12.2. The first kappa shape index (κ1) is 13.6. The molecule has 1 saturated carbocycles. The Hall–Kier alpha value is -2.36. The van der Waals surface area contributed by atoms with Crippen molar-refractivity contribution in [2.45, 2.75) is 25.7 Å². The van der Waals surface area contributed by atoms with Crippen molar-refractivity contribution in [1.82, 2.24) is 5.43 Å². The highest BCUT2D eigenvalue weighted by Gasteiger charge is 2.55. The second kappa shape index (κ2) is 5.20. The average Bonchev–Trinajstić information content (AvgIpc) is 2.96. The first-order chi connectivity index (χ1) is 10.1. The van der Waals surface area contributed by atoms with Gasteiger partial charge in [-0.2, -0.15) is 5.10 Å². The van der Waals surface area contributed by atoms with E-state index >= 15 is 0 Å². The largest absolute Gasteiger partial charge is 0.463 e. The number of carbonyl (C=O) groups excluding carboxylic acids is 1. The van der Waals surface area contributed by atoms with Gasteiger partial charge in [-0.25, -0.2) is 5.43 Å². The van der Waals surface area contributed by atoms with Crippen molar-refractivity contribution in [2.75, 3.05) is 0 Å². The van der Waals surface area contributed by atoms with Crippen LogP contribution in [0.5, 0.6) is 0 Å². The monoisotopic (exact) mass is 282 g/mol. The third-order valence-electron chi connectivity index (χ3n) is 4.20. The topological polar surface area (TPSA) is 54.6 Å². The molecule has 0 radical (unpaired) electrons. The number of hydrogen-bond acceptors (Lipinski definition) is 3. The minimum Gasteiger partial charge on any atom is -0.463 e. The summed E-state index contributed by atoms with van der Waals surface area (Å²) in [4.78, 5) is 12.2. The third-order valence-corrected chi connectivity index (χ3v) is 4.20. The van der Waals surface area contributed by atoms with Crippen LogP contribution in [0, 0.1) is 5.92 Å². The van der Waals surface area contributed by atoms with Crippen molar-refractivity contribution in [1.29, 1.82) is 0 Å². The lowest BCUT2D eigenvalue weighted by molar-refractivity contribution is -0.122. The minimum atomic E-state index is -0.0700. The molecule has 1 amide bonds. The van der Waals surface area contributed by atoms with E-state index in [0.29, 0.717) is 11.5 Å². The predicted molar refractivity (Wildman–Crippen MR) is 81.0 cm³/mol. The van der Waals surface area contributed by atoms with Gasteiger partial charge in [-0.1, -0.05) is 37.3 Å². The van der Waals surface area contributed by atoms with Crippen LogP contribution in [0.4, 0.5) is 0 Å². The van der Waals surface area contributed by atoms with Crippen molar-refractivity contribution >= 4 is 11.6 Å². The summed E-state index contributed by atoms with van der Waals surface area (Å²) >= 11 is 0. The molecule has 1 heterocycles. The van der Waals surface area contributed by atoms with E-state index in [9.17, 15) is 4.79 Å². The molecular formula is C17H18N2O2. The number of benzene rings is 1. The molecule has 2 atom stereocenters. The van der Waals surface area contributed by atoms with Gasteiger partial charge in [0.1, 0.15) is 11.5 Å². The molecule has 1 aliphatic rings. The van der Waals surface area contributed by atoms with E-state index in [-0.39, 0.29) is 17.2 Å². The highest BCUT2D eigenvalue weighted by molar-refractivity contribution is 5.97. The van der Waals surface area contributed by atoms with Crippen LogP contribution < -0.4 is 5.43 Å². The van der Waals surface area contributed by atoms with Gasteiger partial charge in [0.25, 0.3) is 0 Å². The molecule has 1 fully saturated rings. The Morgan fingerprint density at radius 2 is 2.05 bits per heavy atom. The van der Waals surface area contributed by atoms with Crippen molar-refractivity contribution in [3.05, 3.63) is 60.1 Å². The number of amides is 1. The molecule has 3 rings (SSSR count). The zero-order chi connectivity index (χ0) is 14.9. The molecule has 1 aromatic carbocycles. The summed E-state index contributed by atoms with van der Waals surface area (Å²) in [5.41, 5.74) is 4.44. The first-order valence-electron chi connectivity index (χ1n) is 7.05. The number of furan rings is 1. The van der Waals surface area contributed by atoms with Gasteiger partial charge < -0.3 is 4.42 Å². The van der Waals surface area contributed by atoms with Crippen molar-refractivity contribution < 1.29 is 9.21 Å². The lowest BCUT2D eigenvalue weighted by atomic mass is 9.95. The fraction of sp³-hybridized carbons (Fsp3) is 0.294. The third kappa shape index (κ3) is 2.61. The van der Waals surface area contributed by atoms with E-state index in [1.54, 1.807) is 12.3 Å². The molecular weight excluding hydrogens is 264 g/mol. The van der Waals surface area contributed by atoms with E-state index in [4.69, 9.17) is 4.42 Å². The Kier molecular flexibility index (Phi) is 3.37. The quantitative estimate of drug-likeness (QED) is 0.692. The molecule has 4 nitrogen and oxygen atoms in total. The van der Waals surface area contributed by atoms with E-state index in [0.717, 1.165) is 6.42 Å². The van der Waals surface area contributed by atoms with Gasteiger partial charge in [0.15, 0.2) is 0 Å². The molecule has 0 spiro atoms. The van der Waals surface area contributed by atoms with Gasteiger partial charge in [-0.15, -0.1) is 0 Å². The second-order valence-corrected chi connectivity index (χ2v) is 5.69. The summed E-state index contributed by atoms with van der Waals surface area (Å²) in [6.07, 6.45) is 2.45. The van der Waals surface area contributed by atoms with Crippen LogP contribution in [-0.4, -0.2) is 11.6 Å². The predicted octanol–water partition coefficient (Wildman–Crippen LogP) is 3.10. The zero-order valence-corrected chi connectivity index (χ0v) is 12.2. The highest BCUT2D eigenvalue weighted by atomic mass is 16.3. The SMILES string of the molecule is C/C(=N/NC(=O)[C@H]1C[C@@]1(C)c1ccccc1)c1ccco1. The van der Waals surface area contributed by atoms with Gasteiger partial charge in [0, 0.05) is 5.41 Å². The summed E-state index contributed by atoms with van der Waals surface area (Å²) in [6, 6.07) is 13.8. The molecule has 1 aromatic heterocycles. The molecule has 1 aliphatic carbocycles. The summed E-state index contributed by atoms with van der Waals surface area (Å²) in [7, 11) is 0. The standard InChI is InChI=1S/C17H18N2O2/c1-12(15-9-6-10-21-15)18-19-16(20)14-11-17(14,2)13-7-4-3-5-8-13/h3-10,14H,11H2,1-2H3,(H,19,20)/b18-12-/t14-,17+/m1/s1. The number of carbonyl (C=O) groups is 1. The van der Waals surface area contributed by atoms with Crippen LogP contribution in [0.2, 0.25) is 0 Å². The van der Waals surface area contributed by atoms with Crippen molar-refractivity contribution in [3.63, 3.8) is 0 Å². The molecule has 21 heavy (non-hydrogen) atoms. The Morgan fingerprint density at radius 1 is 1.29 bits per heavy atom. The van der Waals surface area contributed by atoms with Gasteiger partial charge >= 0.3 is 0 Å². The lowest BCUT2D eigenvalue weighted by Gasteiger charge is -2.10. The summed E-state index contributed by atoms with van der Waals surface area (Å²) in [6.45, 7) is 3.93. The Labute approximate surface area is 123 Å². The molecule has 0 bridgehead atoms. The van der Waals surface area contributed by atoms with E-state index < -0.39 is 0 Å². The lowest BCUT2D eigenvalue weighted by Crippen LogP contribution is -2.24.